The Morgan fingerprint density at radius 1 is 1.14 bits per heavy atom. The third-order valence-corrected chi connectivity index (χ3v) is 4.69. The van der Waals surface area contributed by atoms with Gasteiger partial charge in [0.15, 0.2) is 0 Å². The zero-order valence-electron chi connectivity index (χ0n) is 15.4. The number of ether oxygens (including phenoxy) is 1. The zero-order valence-corrected chi connectivity index (χ0v) is 17.6. The average molecular weight is 492 g/mol. The zero-order chi connectivity index (χ0) is 20.4. The number of hydrogen-bond donors (Lipinski definition) is 1. The van der Waals surface area contributed by atoms with Crippen LogP contribution in [0.25, 0.3) is 0 Å². The number of nitrogens with zero attached hydrogens (tertiary/aromatic N) is 3. The molecule has 8 nitrogen and oxygen atoms in total. The van der Waals surface area contributed by atoms with E-state index in [-0.39, 0.29) is 17.1 Å². The summed E-state index contributed by atoms with van der Waals surface area (Å²) in [4.78, 5) is 23.4. The first-order valence-corrected chi connectivity index (χ1v) is 9.35. The smallest absolute Gasteiger partial charge is 0.275 e. The van der Waals surface area contributed by atoms with Crippen LogP contribution >= 0.6 is 22.6 Å². The minimum atomic E-state index is -0.530. The summed E-state index contributed by atoms with van der Waals surface area (Å²) in [6.07, 6.45) is 1.57. The Balaban J connectivity index is 1.93. The molecule has 0 spiro atoms. The first-order chi connectivity index (χ1) is 13.2. The normalized spacial score (nSPS) is 10.6. The van der Waals surface area contributed by atoms with Gasteiger partial charge in [0.25, 0.3) is 11.6 Å². The molecule has 2 aromatic carbocycles. The molecule has 28 heavy (non-hydrogen) atoms. The quantitative estimate of drug-likeness (QED) is 0.319. The van der Waals surface area contributed by atoms with E-state index in [1.54, 1.807) is 19.3 Å². The number of nitro benzene ring substituents is 1. The van der Waals surface area contributed by atoms with E-state index in [1.165, 1.54) is 16.8 Å². The van der Waals surface area contributed by atoms with Crippen molar-refractivity contribution < 1.29 is 14.5 Å². The standard InChI is InChI=1S/C19H17IN4O4/c1-11-4-12(2)6-15(5-11)28-16-8-13(7-14(9-16)24(26)27)22-19(25)18-17(20)10-21-23(18)3/h4-10H,1-3H3,(H,22,25). The highest BCUT2D eigenvalue weighted by Gasteiger charge is 2.18. The number of carbonyl (C=O) groups is 1. The van der Waals surface area contributed by atoms with Gasteiger partial charge in [-0.25, -0.2) is 0 Å². The molecule has 0 aliphatic carbocycles. The summed E-state index contributed by atoms with van der Waals surface area (Å²) in [5.41, 5.74) is 2.47. The molecular weight excluding hydrogens is 475 g/mol. The highest BCUT2D eigenvalue weighted by molar-refractivity contribution is 14.1. The third-order valence-electron chi connectivity index (χ3n) is 3.90. The van der Waals surface area contributed by atoms with E-state index >= 15 is 0 Å². The van der Waals surface area contributed by atoms with Gasteiger partial charge in [-0.2, -0.15) is 5.10 Å². The summed E-state index contributed by atoms with van der Waals surface area (Å²) in [6.45, 7) is 3.88. The molecule has 0 fully saturated rings. The number of nitro groups is 1. The molecule has 3 rings (SSSR count). The topological polar surface area (TPSA) is 99.3 Å². The Morgan fingerprint density at radius 3 is 2.36 bits per heavy atom. The van der Waals surface area contributed by atoms with Gasteiger partial charge in [0, 0.05) is 19.2 Å². The number of aryl methyl sites for hydroxylation is 3. The number of carbonyl (C=O) groups excluding carboxylic acids is 1. The number of benzene rings is 2. The van der Waals surface area contributed by atoms with Gasteiger partial charge >= 0.3 is 0 Å². The molecule has 0 saturated heterocycles. The molecule has 0 atom stereocenters. The van der Waals surface area contributed by atoms with Crippen molar-refractivity contribution in [1.29, 1.82) is 0 Å². The van der Waals surface area contributed by atoms with Gasteiger partial charge in [0.2, 0.25) is 0 Å². The Hall–Kier alpha value is -2.95. The van der Waals surface area contributed by atoms with Gasteiger partial charge in [-0.1, -0.05) is 6.07 Å². The van der Waals surface area contributed by atoms with Gasteiger partial charge in [-0.05, 0) is 59.7 Å². The molecule has 1 heterocycles. The van der Waals surface area contributed by atoms with Crippen LogP contribution in [0.4, 0.5) is 11.4 Å². The molecular formula is C19H17IN4O4. The number of non-ortho nitro benzene ring substituents is 1. The van der Waals surface area contributed by atoms with Crippen molar-refractivity contribution in [3.05, 3.63) is 73.1 Å². The monoisotopic (exact) mass is 492 g/mol. The fraction of sp³-hybridized carbons (Fsp3) is 0.158. The predicted octanol–water partition coefficient (Wildman–Crippen LogP) is 4.59. The van der Waals surface area contributed by atoms with Crippen LogP contribution < -0.4 is 10.1 Å². The molecule has 0 aliphatic heterocycles. The summed E-state index contributed by atoms with van der Waals surface area (Å²) in [6, 6.07) is 9.83. The van der Waals surface area contributed by atoms with Gasteiger partial charge in [0.1, 0.15) is 17.2 Å². The van der Waals surface area contributed by atoms with E-state index in [1.807, 2.05) is 54.6 Å². The van der Waals surface area contributed by atoms with Crippen molar-refractivity contribution in [2.75, 3.05) is 5.32 Å². The Bertz CT molecular complexity index is 1040. The summed E-state index contributed by atoms with van der Waals surface area (Å²) in [5, 5.41) is 18.0. The lowest BCUT2D eigenvalue weighted by atomic mass is 10.1. The molecule has 0 aliphatic rings. The minimum Gasteiger partial charge on any atom is -0.457 e. The molecule has 3 aromatic rings. The summed E-state index contributed by atoms with van der Waals surface area (Å²) >= 11 is 2.01. The molecule has 0 bridgehead atoms. The second kappa shape index (κ2) is 7.97. The molecule has 1 aromatic heterocycles. The average Bonchev–Trinajstić information content (AvgIpc) is 2.92. The number of hydrogen-bond acceptors (Lipinski definition) is 5. The number of nitrogens with one attached hydrogen (secondary N) is 1. The van der Waals surface area contributed by atoms with Crippen LogP contribution in [-0.2, 0) is 7.05 Å². The van der Waals surface area contributed by atoms with Gasteiger partial charge in [-0.3, -0.25) is 19.6 Å². The largest absolute Gasteiger partial charge is 0.457 e. The van der Waals surface area contributed by atoms with Crippen LogP contribution in [-0.4, -0.2) is 20.6 Å². The van der Waals surface area contributed by atoms with Crippen LogP contribution in [0.2, 0.25) is 0 Å². The minimum absolute atomic E-state index is 0.183. The van der Waals surface area contributed by atoms with Crippen LogP contribution in [0, 0.1) is 27.5 Å². The molecule has 9 heteroatoms. The Kier molecular flexibility index (Phi) is 5.63. The van der Waals surface area contributed by atoms with Gasteiger partial charge in [0.05, 0.1) is 26.4 Å². The van der Waals surface area contributed by atoms with Crippen LogP contribution in [0.3, 0.4) is 0 Å². The highest BCUT2D eigenvalue weighted by atomic mass is 127. The van der Waals surface area contributed by atoms with E-state index in [0.29, 0.717) is 15.0 Å². The first kappa shape index (κ1) is 19.8. The Morgan fingerprint density at radius 2 is 1.79 bits per heavy atom. The number of amides is 1. The van der Waals surface area contributed by atoms with E-state index in [9.17, 15) is 14.9 Å². The summed E-state index contributed by atoms with van der Waals surface area (Å²) in [7, 11) is 1.65. The number of halogens is 1. The number of rotatable bonds is 5. The highest BCUT2D eigenvalue weighted by Crippen LogP contribution is 2.31. The van der Waals surface area contributed by atoms with Crippen LogP contribution in [0.15, 0.2) is 42.6 Å². The van der Waals surface area contributed by atoms with E-state index in [2.05, 4.69) is 10.4 Å². The second-order valence-corrected chi connectivity index (χ2v) is 7.48. The summed E-state index contributed by atoms with van der Waals surface area (Å²) in [5.74, 6) is 0.410. The third kappa shape index (κ3) is 4.47. The lowest BCUT2D eigenvalue weighted by Gasteiger charge is -2.11. The molecule has 1 amide bonds. The SMILES string of the molecule is Cc1cc(C)cc(Oc2cc(NC(=O)c3c(I)cnn3C)cc([N+](=O)[O-])c2)c1. The molecule has 0 unspecified atom stereocenters. The molecule has 144 valence electrons. The molecule has 0 saturated carbocycles. The van der Waals surface area contributed by atoms with Crippen molar-refractivity contribution in [3.63, 3.8) is 0 Å². The van der Waals surface area contributed by atoms with Crippen molar-refractivity contribution in [3.8, 4) is 11.5 Å². The Labute approximate surface area is 174 Å². The fourth-order valence-electron chi connectivity index (χ4n) is 2.80. The maximum absolute atomic E-state index is 12.6. The first-order valence-electron chi connectivity index (χ1n) is 8.27. The number of aromatic nitrogens is 2. The van der Waals surface area contributed by atoms with Crippen LogP contribution in [0.1, 0.15) is 21.6 Å². The van der Waals surface area contributed by atoms with Gasteiger partial charge in [-0.15, -0.1) is 0 Å². The van der Waals surface area contributed by atoms with Gasteiger partial charge < -0.3 is 10.1 Å². The van der Waals surface area contributed by atoms with Crippen molar-refractivity contribution in [2.45, 2.75) is 13.8 Å². The van der Waals surface area contributed by atoms with Crippen LogP contribution in [0.5, 0.6) is 11.5 Å². The maximum atomic E-state index is 12.6. The summed E-state index contributed by atoms with van der Waals surface area (Å²) < 4.78 is 7.94. The van der Waals surface area contributed by atoms with Crippen molar-refractivity contribution in [2.24, 2.45) is 7.05 Å². The van der Waals surface area contributed by atoms with E-state index in [4.69, 9.17) is 4.74 Å². The molecule has 1 N–H and O–H groups in total. The number of anilines is 1. The van der Waals surface area contributed by atoms with E-state index < -0.39 is 10.8 Å². The molecule has 0 radical (unpaired) electrons. The van der Waals surface area contributed by atoms with Crippen molar-refractivity contribution in [1.82, 2.24) is 9.78 Å². The lowest BCUT2D eigenvalue weighted by molar-refractivity contribution is -0.384. The maximum Gasteiger partial charge on any atom is 0.275 e. The van der Waals surface area contributed by atoms with E-state index in [0.717, 1.165) is 11.1 Å². The lowest BCUT2D eigenvalue weighted by Crippen LogP contribution is -2.17. The second-order valence-electron chi connectivity index (χ2n) is 6.32. The fourth-order valence-corrected chi connectivity index (χ4v) is 3.52. The van der Waals surface area contributed by atoms with Crippen molar-refractivity contribution >= 4 is 39.9 Å². The predicted molar refractivity (Wildman–Crippen MR) is 113 cm³/mol.